The van der Waals surface area contributed by atoms with E-state index in [1.54, 1.807) is 17.5 Å². The number of hydrogen-bond donors (Lipinski definition) is 2. The molecular formula is C21H19ClN4OS. The average Bonchev–Trinajstić information content (AvgIpc) is 3.28. The molecule has 2 heterocycles. The van der Waals surface area contributed by atoms with E-state index >= 15 is 0 Å². The normalized spacial score (nSPS) is 11.3. The van der Waals surface area contributed by atoms with Gasteiger partial charge in [0.2, 0.25) is 0 Å². The molecule has 4 aromatic rings. The molecule has 2 aromatic carbocycles. The minimum absolute atomic E-state index is 0.293. The molecule has 0 saturated heterocycles. The number of benzene rings is 2. The molecule has 2 aromatic heterocycles. The lowest BCUT2D eigenvalue weighted by Crippen LogP contribution is -2.13. The highest BCUT2D eigenvalue weighted by molar-refractivity contribution is 7.12. The summed E-state index contributed by atoms with van der Waals surface area (Å²) in [6, 6.07) is 13.0. The molecule has 0 aliphatic rings. The quantitative estimate of drug-likeness (QED) is 0.424. The molecule has 0 unspecified atom stereocenters. The molecule has 0 fully saturated rings. The van der Waals surface area contributed by atoms with E-state index in [-0.39, 0.29) is 5.91 Å². The summed E-state index contributed by atoms with van der Waals surface area (Å²) in [4.78, 5) is 17.1. The van der Waals surface area contributed by atoms with Crippen LogP contribution < -0.4 is 11.1 Å². The molecule has 0 aliphatic heterocycles. The molecule has 0 bridgehead atoms. The summed E-state index contributed by atoms with van der Waals surface area (Å²) in [5.74, 6) is 0.0627. The number of halogens is 1. The van der Waals surface area contributed by atoms with E-state index in [4.69, 9.17) is 17.3 Å². The van der Waals surface area contributed by atoms with Crippen molar-refractivity contribution in [2.24, 2.45) is 0 Å². The highest BCUT2D eigenvalue weighted by Gasteiger charge is 2.17. The van der Waals surface area contributed by atoms with Crippen LogP contribution in [0, 0.1) is 0 Å². The molecule has 3 N–H and O–H groups in total. The largest absolute Gasteiger partial charge is 0.397 e. The number of amides is 1. The Morgan fingerprint density at radius 1 is 1.25 bits per heavy atom. The Balaban J connectivity index is 1.71. The van der Waals surface area contributed by atoms with E-state index in [9.17, 15) is 4.79 Å². The van der Waals surface area contributed by atoms with Gasteiger partial charge in [-0.25, -0.2) is 4.98 Å². The first kappa shape index (κ1) is 18.5. The highest BCUT2D eigenvalue weighted by Crippen LogP contribution is 2.32. The number of thiazole rings is 1. The molecule has 28 heavy (non-hydrogen) atoms. The number of nitrogen functional groups attached to an aromatic ring is 1. The highest BCUT2D eigenvalue weighted by atomic mass is 35.5. The molecule has 0 radical (unpaired) electrons. The van der Waals surface area contributed by atoms with Gasteiger partial charge in [-0.3, -0.25) is 9.36 Å². The Morgan fingerprint density at radius 2 is 2.04 bits per heavy atom. The van der Waals surface area contributed by atoms with E-state index < -0.39 is 0 Å². The van der Waals surface area contributed by atoms with Crippen molar-refractivity contribution in [1.82, 2.24) is 9.55 Å². The third kappa shape index (κ3) is 3.37. The summed E-state index contributed by atoms with van der Waals surface area (Å²) >= 11 is 7.63. The fourth-order valence-corrected chi connectivity index (χ4v) is 4.08. The molecular weight excluding hydrogens is 392 g/mol. The van der Waals surface area contributed by atoms with Crippen LogP contribution in [0.25, 0.3) is 16.0 Å². The summed E-state index contributed by atoms with van der Waals surface area (Å²) in [6.07, 6.45) is 2.07. The van der Waals surface area contributed by atoms with Crippen LogP contribution in [0.1, 0.15) is 35.8 Å². The van der Waals surface area contributed by atoms with Crippen LogP contribution in [-0.4, -0.2) is 15.5 Å². The van der Waals surface area contributed by atoms with Gasteiger partial charge in [-0.15, -0.1) is 11.3 Å². The Labute approximate surface area is 171 Å². The molecule has 0 spiro atoms. The zero-order valence-corrected chi connectivity index (χ0v) is 17.0. The molecule has 1 amide bonds. The van der Waals surface area contributed by atoms with Gasteiger partial charge in [0.25, 0.3) is 5.91 Å². The van der Waals surface area contributed by atoms with Crippen LogP contribution in [0.2, 0.25) is 5.02 Å². The summed E-state index contributed by atoms with van der Waals surface area (Å²) in [7, 11) is 0. The fraction of sp³-hybridized carbons (Fsp3) is 0.143. The van der Waals surface area contributed by atoms with Crippen molar-refractivity contribution in [3.05, 3.63) is 70.3 Å². The smallest absolute Gasteiger partial charge is 0.275 e. The first-order chi connectivity index (χ1) is 13.4. The van der Waals surface area contributed by atoms with Crippen LogP contribution in [-0.2, 0) is 0 Å². The van der Waals surface area contributed by atoms with E-state index in [1.165, 1.54) is 16.9 Å². The van der Waals surface area contributed by atoms with Crippen LogP contribution in [0.15, 0.2) is 54.0 Å². The van der Waals surface area contributed by atoms with Crippen LogP contribution >= 0.6 is 22.9 Å². The molecule has 0 aliphatic carbocycles. The second-order valence-corrected chi connectivity index (χ2v) is 8.10. The number of fused-ring (bicyclic) bond motifs is 1. The van der Waals surface area contributed by atoms with E-state index in [2.05, 4.69) is 30.3 Å². The number of rotatable bonds is 4. The molecule has 4 rings (SSSR count). The third-order valence-corrected chi connectivity index (χ3v) is 5.64. The van der Waals surface area contributed by atoms with Crippen molar-refractivity contribution in [3.8, 4) is 5.13 Å². The molecule has 5 nitrogen and oxygen atoms in total. The topological polar surface area (TPSA) is 72.9 Å². The minimum Gasteiger partial charge on any atom is -0.397 e. The van der Waals surface area contributed by atoms with Crippen molar-refractivity contribution >= 4 is 51.1 Å². The van der Waals surface area contributed by atoms with Crippen molar-refractivity contribution in [3.63, 3.8) is 0 Å². The van der Waals surface area contributed by atoms with Crippen molar-refractivity contribution in [2.75, 3.05) is 11.1 Å². The number of hydrogen-bond acceptors (Lipinski definition) is 4. The van der Waals surface area contributed by atoms with E-state index in [0.717, 1.165) is 10.9 Å². The van der Waals surface area contributed by atoms with Gasteiger partial charge in [0.05, 0.1) is 16.9 Å². The number of nitrogens with one attached hydrogen (secondary N) is 1. The number of nitrogens with zero attached hydrogens (tertiary/aromatic N) is 2. The van der Waals surface area contributed by atoms with Crippen LogP contribution in [0.5, 0.6) is 0 Å². The summed E-state index contributed by atoms with van der Waals surface area (Å²) in [5.41, 5.74) is 9.52. The SMILES string of the molecule is CC(C)c1cn(-c2nc(C(=O)Nc3ccccc3N)cs2)c2cc(Cl)ccc12. The lowest BCUT2D eigenvalue weighted by molar-refractivity contribution is 0.102. The Bertz CT molecular complexity index is 1180. The molecule has 142 valence electrons. The molecule has 7 heteroatoms. The van der Waals surface area contributed by atoms with Gasteiger partial charge in [-0.2, -0.15) is 0 Å². The van der Waals surface area contributed by atoms with Crippen molar-refractivity contribution in [1.29, 1.82) is 0 Å². The number of para-hydroxylation sites is 2. The first-order valence-corrected chi connectivity index (χ1v) is 10.1. The van der Waals surface area contributed by atoms with E-state index in [0.29, 0.717) is 33.1 Å². The first-order valence-electron chi connectivity index (χ1n) is 8.86. The lowest BCUT2D eigenvalue weighted by Gasteiger charge is -2.06. The lowest BCUT2D eigenvalue weighted by atomic mass is 10.0. The second kappa shape index (κ2) is 7.30. The monoisotopic (exact) mass is 410 g/mol. The van der Waals surface area contributed by atoms with Gasteiger partial charge in [0.1, 0.15) is 5.69 Å². The van der Waals surface area contributed by atoms with Crippen molar-refractivity contribution < 1.29 is 4.79 Å². The van der Waals surface area contributed by atoms with Gasteiger partial charge in [-0.1, -0.05) is 43.6 Å². The maximum absolute atomic E-state index is 12.6. The number of carbonyl (C=O) groups excluding carboxylic acids is 1. The summed E-state index contributed by atoms with van der Waals surface area (Å²) in [6.45, 7) is 4.30. The van der Waals surface area contributed by atoms with Crippen LogP contribution in [0.3, 0.4) is 0 Å². The van der Waals surface area contributed by atoms with Crippen molar-refractivity contribution in [2.45, 2.75) is 19.8 Å². The number of anilines is 2. The number of aromatic nitrogens is 2. The third-order valence-electron chi connectivity index (χ3n) is 4.56. The van der Waals surface area contributed by atoms with Gasteiger partial charge in [0.15, 0.2) is 5.13 Å². The van der Waals surface area contributed by atoms with Gasteiger partial charge >= 0.3 is 0 Å². The zero-order valence-electron chi connectivity index (χ0n) is 15.4. The predicted octanol–water partition coefficient (Wildman–Crippen LogP) is 5.70. The standard InChI is InChI=1S/C21H19ClN4OS/c1-12(2)15-10-26(19-9-13(22)7-8-14(15)19)21-25-18(11-28-21)20(27)24-17-6-4-3-5-16(17)23/h3-12H,23H2,1-2H3,(H,24,27). The molecule has 0 saturated carbocycles. The number of nitrogens with two attached hydrogens (primary N) is 1. The predicted molar refractivity (Wildman–Crippen MR) is 117 cm³/mol. The second-order valence-electron chi connectivity index (χ2n) is 6.83. The zero-order chi connectivity index (χ0) is 19.8. The van der Waals surface area contributed by atoms with E-state index in [1.807, 2.05) is 34.9 Å². The van der Waals surface area contributed by atoms with Gasteiger partial charge < -0.3 is 11.1 Å². The Morgan fingerprint density at radius 3 is 2.79 bits per heavy atom. The maximum atomic E-state index is 12.6. The number of carbonyl (C=O) groups is 1. The Kier molecular flexibility index (Phi) is 4.83. The summed E-state index contributed by atoms with van der Waals surface area (Å²) in [5, 5.41) is 7.07. The fourth-order valence-electron chi connectivity index (χ4n) is 3.12. The average molecular weight is 411 g/mol. The summed E-state index contributed by atoms with van der Waals surface area (Å²) < 4.78 is 1.99. The maximum Gasteiger partial charge on any atom is 0.275 e. The van der Waals surface area contributed by atoms with Gasteiger partial charge in [-0.05, 0) is 35.7 Å². The van der Waals surface area contributed by atoms with Gasteiger partial charge in [0, 0.05) is 22.0 Å². The molecule has 0 atom stereocenters. The minimum atomic E-state index is -0.293. The van der Waals surface area contributed by atoms with Crippen LogP contribution in [0.4, 0.5) is 11.4 Å². The Hall–Kier alpha value is -2.83.